The van der Waals surface area contributed by atoms with Crippen LogP contribution in [0.5, 0.6) is 0 Å². The molecule has 4 saturated carbocycles. The van der Waals surface area contributed by atoms with Crippen LogP contribution in [0.4, 0.5) is 87.8 Å². The van der Waals surface area contributed by atoms with E-state index in [1.54, 1.807) is 0 Å². The molecule has 0 radical (unpaired) electrons. The largest absolute Gasteiger partial charge is 0.515 e. The maximum atomic E-state index is 13.2. The van der Waals surface area contributed by atoms with Crippen LogP contribution in [0.3, 0.4) is 0 Å². The SMILES string of the molecule is C1CCC2C3NC(NC4NC(NC5NC(NC6NC(N3)C3CCCCC63)C3CCCCC53)C3CCCCC43)C2C1.FC(F)(F)C(F)(F)[N+](C(F)(F)C(F)(F)F)(C(F)(F)C(F)(F)F)C(F)(F)C(F)(F)F.I.[Zn]. The van der Waals surface area contributed by atoms with Gasteiger partial charge in [-0.1, -0.05) is 51.4 Å². The van der Waals surface area contributed by atoms with E-state index < -0.39 is 53.4 Å². The quantitative estimate of drug-likeness (QED) is 0.0465. The summed E-state index contributed by atoms with van der Waals surface area (Å²) < 4.78 is 244. The van der Waals surface area contributed by atoms with E-state index in [1.807, 2.05) is 0 Å². The summed E-state index contributed by atoms with van der Waals surface area (Å²) >= 11 is 0. The van der Waals surface area contributed by atoms with E-state index in [4.69, 9.17) is 0 Å². The van der Waals surface area contributed by atoms with Gasteiger partial charge in [0.05, 0.1) is 49.3 Å². The van der Waals surface area contributed by atoms with Crippen molar-refractivity contribution >= 4 is 24.0 Å². The summed E-state index contributed by atoms with van der Waals surface area (Å²) in [5.41, 5.74) is 0. The Bertz CT molecular complexity index is 1490. The second-order valence-electron chi connectivity index (χ2n) is 20.4. The van der Waals surface area contributed by atoms with Crippen molar-refractivity contribution in [2.24, 2.45) is 47.3 Å². The Hall–Kier alpha value is -0.407. The van der Waals surface area contributed by atoms with E-state index in [0.717, 1.165) is 47.3 Å². The van der Waals surface area contributed by atoms with Gasteiger partial charge in [-0.15, -0.1) is 59.1 Å². The van der Waals surface area contributed by atoms with Crippen molar-refractivity contribution in [3.05, 3.63) is 0 Å². The van der Waals surface area contributed by atoms with Crippen LogP contribution in [0.25, 0.3) is 0 Å². The van der Waals surface area contributed by atoms with Gasteiger partial charge in [-0.05, 0) is 103 Å². The van der Waals surface area contributed by atoms with Gasteiger partial charge in [0.15, 0.2) is 0 Å². The number of hydrogen-bond acceptors (Lipinski definition) is 8. The molecule has 0 amide bonds. The van der Waals surface area contributed by atoms with Crippen LogP contribution in [-0.2, 0) is 19.5 Å². The zero-order valence-corrected chi connectivity index (χ0v) is 43.0. The monoisotopic (exact) mass is 1230 g/mol. The summed E-state index contributed by atoms with van der Waals surface area (Å²) in [6.07, 6.45) is -9.02. The fraction of sp³-hybridized carbons (Fsp3) is 1.00. The molecule has 9 aliphatic rings. The minimum Gasteiger partial charge on any atom is -0.286 e. The van der Waals surface area contributed by atoms with Crippen LogP contribution in [-0.4, -0.2) is 103 Å². The fourth-order valence-corrected chi connectivity index (χ4v) is 13.8. The molecule has 0 spiro atoms. The van der Waals surface area contributed by atoms with Crippen molar-refractivity contribution in [2.45, 2.75) is 201 Å². The van der Waals surface area contributed by atoms with E-state index in [9.17, 15) is 87.8 Å². The second-order valence-corrected chi connectivity index (χ2v) is 20.4. The van der Waals surface area contributed by atoms with Crippen molar-refractivity contribution < 1.29 is 112 Å². The molecule has 8 bridgehead atoms. The Balaban J connectivity index is 0.000000240. The first-order valence-electron chi connectivity index (χ1n) is 23.6. The summed E-state index contributed by atoms with van der Waals surface area (Å²) in [7, 11) is 0. The fourth-order valence-electron chi connectivity index (χ4n) is 13.8. The van der Waals surface area contributed by atoms with Gasteiger partial charge in [0.25, 0.3) is 0 Å². The van der Waals surface area contributed by atoms with Gasteiger partial charge in [0.1, 0.15) is 0 Å². The number of rotatable bonds is 4. The summed E-state index contributed by atoms with van der Waals surface area (Å²) in [6, 6.07) is -37.6. The third-order valence-corrected chi connectivity index (χ3v) is 16.8. The molecule has 5 heterocycles. The van der Waals surface area contributed by atoms with Gasteiger partial charge in [-0.3, -0.25) is 42.5 Å². The molecular formula is C40H57F20IN9Zn+. The molecule has 0 aromatic rings. The predicted molar refractivity (Wildman–Crippen MR) is 217 cm³/mol. The molecule has 8 N–H and O–H groups in total. The molecule has 9 nitrogen and oxygen atoms in total. The first-order chi connectivity index (χ1) is 31.8. The average Bonchev–Trinajstić information content (AvgIpc) is 3.98. The van der Waals surface area contributed by atoms with Crippen molar-refractivity contribution in [3.63, 3.8) is 0 Å². The molecule has 5 saturated heterocycles. The van der Waals surface area contributed by atoms with E-state index in [-0.39, 0.29) is 43.5 Å². The molecule has 0 aromatic carbocycles. The maximum Gasteiger partial charge on any atom is 0.515 e. The van der Waals surface area contributed by atoms with Gasteiger partial charge in [0.2, 0.25) is 0 Å². The number of nitrogens with zero attached hydrogens (tertiary/aromatic N) is 1. The van der Waals surface area contributed by atoms with Crippen LogP contribution >= 0.6 is 24.0 Å². The summed E-state index contributed by atoms with van der Waals surface area (Å²) in [4.78, 5) is 0. The van der Waals surface area contributed by atoms with E-state index >= 15 is 0 Å². The van der Waals surface area contributed by atoms with Gasteiger partial charge < -0.3 is 0 Å². The van der Waals surface area contributed by atoms with Crippen LogP contribution in [0, 0.1) is 47.3 Å². The van der Waals surface area contributed by atoms with Crippen LogP contribution < -0.4 is 42.5 Å². The van der Waals surface area contributed by atoms with Gasteiger partial charge >= 0.3 is 48.9 Å². The topological polar surface area (TPSA) is 96.2 Å². The Morgan fingerprint density at radius 1 is 0.239 bits per heavy atom. The summed E-state index contributed by atoms with van der Waals surface area (Å²) in [6.45, 7) is 0. The van der Waals surface area contributed by atoms with E-state index in [1.165, 1.54) is 103 Å². The maximum absolute atomic E-state index is 13.2. The smallest absolute Gasteiger partial charge is 0.286 e. The summed E-state index contributed by atoms with van der Waals surface area (Å²) in [5, 5.41) is 33.8. The summed E-state index contributed by atoms with van der Waals surface area (Å²) in [5.74, 6) is 5.97. The molecular weight excluding hydrogens is 1180 g/mol. The second kappa shape index (κ2) is 20.8. The van der Waals surface area contributed by atoms with Crippen LogP contribution in [0.15, 0.2) is 0 Å². The number of hydrogen-bond donors (Lipinski definition) is 8. The van der Waals surface area contributed by atoms with Gasteiger partial charge in [0, 0.05) is 19.5 Å². The number of nitrogens with one attached hydrogen (secondary N) is 8. The molecule has 9 fully saturated rings. The van der Waals surface area contributed by atoms with E-state index in [2.05, 4.69) is 42.5 Å². The Kier molecular flexibility index (Phi) is 17.5. The Labute approximate surface area is 425 Å². The minimum absolute atomic E-state index is 0. The average molecular weight is 1240 g/mol. The molecule has 9 rings (SSSR count). The van der Waals surface area contributed by atoms with Gasteiger partial charge in [-0.2, -0.15) is 52.7 Å². The molecule has 8 unspecified atom stereocenters. The molecule has 410 valence electrons. The van der Waals surface area contributed by atoms with Gasteiger partial charge in [-0.25, -0.2) is 0 Å². The first kappa shape index (κ1) is 59.8. The molecule has 31 heteroatoms. The van der Waals surface area contributed by atoms with Crippen molar-refractivity contribution in [1.29, 1.82) is 0 Å². The number of quaternary nitrogens is 1. The minimum atomic E-state index is -9.40. The van der Waals surface area contributed by atoms with Crippen molar-refractivity contribution in [2.75, 3.05) is 0 Å². The molecule has 0 aromatic heterocycles. The normalized spacial score (nSPS) is 39.4. The molecule has 71 heavy (non-hydrogen) atoms. The number of halogens is 21. The standard InChI is InChI=1S/C32H56N8.C8F20N.HI.Zn/c1-2-10-18-17(9-1)25-33-26(18)38-28-21-13-5-6-14-22(21)30(35-28)40-32-24-16-8-7-15-23(24)31(36-32)39-29-20-12-4-3-11-19(20)27(34-29)37-25;9-1(10,11)5(21,22)29(6(23,24)2(12,13)14,7(25,26)3(15,16)17)8(27,28)4(18,19)20;;/h17-40H,1-16H2;;1H;/q;+1;;. The zero-order valence-electron chi connectivity index (χ0n) is 37.7. The first-order valence-corrected chi connectivity index (χ1v) is 23.6. The third kappa shape index (κ3) is 9.86. The molecule has 4 aliphatic carbocycles. The van der Waals surface area contributed by atoms with E-state index in [0.29, 0.717) is 49.3 Å². The molecule has 8 atom stereocenters. The van der Waals surface area contributed by atoms with Crippen molar-refractivity contribution in [1.82, 2.24) is 42.5 Å². The third-order valence-electron chi connectivity index (χ3n) is 16.8. The number of fused-ring (bicyclic) bond motifs is 20. The van der Waals surface area contributed by atoms with Crippen molar-refractivity contribution in [3.8, 4) is 0 Å². The molecule has 5 aliphatic heterocycles. The Morgan fingerprint density at radius 3 is 0.451 bits per heavy atom. The Morgan fingerprint density at radius 2 is 0.352 bits per heavy atom. The zero-order chi connectivity index (χ0) is 50.7. The van der Waals surface area contributed by atoms with Crippen LogP contribution in [0.2, 0.25) is 0 Å². The predicted octanol–water partition coefficient (Wildman–Crippen LogP) is 9.64. The van der Waals surface area contributed by atoms with Crippen LogP contribution in [0.1, 0.15) is 103 Å². The number of alkyl halides is 20.